The summed E-state index contributed by atoms with van der Waals surface area (Å²) in [6.07, 6.45) is 0. The molecule has 62 valence electrons. The van der Waals surface area contributed by atoms with Crippen molar-refractivity contribution in [2.24, 2.45) is 0 Å². The van der Waals surface area contributed by atoms with Gasteiger partial charge in [0.05, 0.1) is 0 Å². The summed E-state index contributed by atoms with van der Waals surface area (Å²) >= 11 is 0. The molecule has 1 aromatic rings. The first-order chi connectivity index (χ1) is 5.61. The number of rotatable bonds is 2. The highest BCUT2D eigenvalue weighted by molar-refractivity contribution is 5.84. The largest absolute Gasteiger partial charge is 0.475 e. The van der Waals surface area contributed by atoms with Crippen LogP contribution in [0.1, 0.15) is 21.2 Å². The molecule has 0 aromatic carbocycles. The molecule has 1 aromatic heterocycles. The molecule has 0 spiro atoms. The van der Waals surface area contributed by atoms with Crippen LogP contribution in [0.5, 0.6) is 0 Å². The van der Waals surface area contributed by atoms with Gasteiger partial charge in [0.1, 0.15) is 0 Å². The van der Waals surface area contributed by atoms with Gasteiger partial charge in [-0.05, 0) is 0 Å². The molecular weight excluding hydrogens is 168 g/mol. The first kappa shape index (κ1) is 7.98. The van der Waals surface area contributed by atoms with E-state index in [-0.39, 0.29) is 0 Å². The summed E-state index contributed by atoms with van der Waals surface area (Å²) in [6, 6.07) is 0. The molecular formula is C4H2N4O4. The summed E-state index contributed by atoms with van der Waals surface area (Å²) in [4.78, 5) is 20.3. The Labute approximate surface area is 64.9 Å². The second-order valence-corrected chi connectivity index (χ2v) is 1.66. The Hall–Kier alpha value is -2.12. The Kier molecular flexibility index (Phi) is 1.90. The lowest BCUT2D eigenvalue weighted by molar-refractivity contribution is 0.0653. The third-order valence-electron chi connectivity index (χ3n) is 0.861. The Balaban J connectivity index is 3.01. The molecule has 1 rings (SSSR count). The topological polar surface area (TPSA) is 126 Å². The predicted molar refractivity (Wildman–Crippen MR) is 31.5 cm³/mol. The van der Waals surface area contributed by atoms with E-state index in [0.29, 0.717) is 0 Å². The van der Waals surface area contributed by atoms with Crippen LogP contribution in [0, 0.1) is 0 Å². The fraction of sp³-hybridized carbons (Fsp3) is 0. The Morgan fingerprint density at radius 3 is 1.25 bits per heavy atom. The number of aromatic carboxylic acids is 2. The standard InChI is InChI=1S/C4H2N4O4/c9-3(10)1-5-7-2(4(11)12)8-6-1/h(H,9,10)(H,11,12). The third-order valence-corrected chi connectivity index (χ3v) is 0.861. The van der Waals surface area contributed by atoms with Crippen LogP contribution in [0.25, 0.3) is 0 Å². The second kappa shape index (κ2) is 2.86. The van der Waals surface area contributed by atoms with Crippen LogP contribution in [-0.2, 0) is 0 Å². The van der Waals surface area contributed by atoms with E-state index >= 15 is 0 Å². The molecule has 8 heteroatoms. The van der Waals surface area contributed by atoms with Crippen molar-refractivity contribution in [1.29, 1.82) is 0 Å². The molecule has 12 heavy (non-hydrogen) atoms. The first-order valence-corrected chi connectivity index (χ1v) is 2.65. The number of aromatic nitrogens is 4. The van der Waals surface area contributed by atoms with Crippen LogP contribution in [-0.4, -0.2) is 42.5 Å². The maximum absolute atomic E-state index is 10.1. The van der Waals surface area contributed by atoms with Gasteiger partial charge >= 0.3 is 11.9 Å². The molecule has 0 amide bonds. The van der Waals surface area contributed by atoms with Gasteiger partial charge < -0.3 is 10.2 Å². The SMILES string of the molecule is O=C(O)c1nnc(C(=O)O)nn1. The van der Waals surface area contributed by atoms with Gasteiger partial charge in [-0.2, -0.15) is 0 Å². The molecule has 0 radical (unpaired) electrons. The zero-order valence-corrected chi connectivity index (χ0v) is 5.50. The predicted octanol–water partition coefficient (Wildman–Crippen LogP) is -1.34. The van der Waals surface area contributed by atoms with Crippen molar-refractivity contribution in [1.82, 2.24) is 20.4 Å². The van der Waals surface area contributed by atoms with E-state index in [1.807, 2.05) is 0 Å². The van der Waals surface area contributed by atoms with Crippen molar-refractivity contribution >= 4 is 11.9 Å². The summed E-state index contributed by atoms with van der Waals surface area (Å²) in [5.74, 6) is -4.10. The molecule has 0 aliphatic rings. The molecule has 0 aliphatic carbocycles. The van der Waals surface area contributed by atoms with Gasteiger partial charge in [0.15, 0.2) is 0 Å². The van der Waals surface area contributed by atoms with E-state index in [1.165, 1.54) is 0 Å². The van der Waals surface area contributed by atoms with Gasteiger partial charge in [0, 0.05) is 0 Å². The van der Waals surface area contributed by atoms with Gasteiger partial charge in [-0.25, -0.2) is 9.59 Å². The number of nitrogens with zero attached hydrogens (tertiary/aromatic N) is 4. The normalized spacial score (nSPS) is 9.33. The molecule has 1 heterocycles. The minimum absolute atomic E-state index is 0.639. The second-order valence-electron chi connectivity index (χ2n) is 1.66. The van der Waals surface area contributed by atoms with Crippen LogP contribution < -0.4 is 0 Å². The van der Waals surface area contributed by atoms with Crippen molar-refractivity contribution in [3.05, 3.63) is 11.6 Å². The lowest BCUT2D eigenvalue weighted by Crippen LogP contribution is -2.13. The molecule has 0 unspecified atom stereocenters. The lowest BCUT2D eigenvalue weighted by Gasteiger charge is -1.89. The maximum Gasteiger partial charge on any atom is 0.377 e. The van der Waals surface area contributed by atoms with Crippen molar-refractivity contribution in [3.63, 3.8) is 0 Å². The van der Waals surface area contributed by atoms with Crippen LogP contribution in [0.15, 0.2) is 0 Å². The molecule has 0 fully saturated rings. The fourth-order valence-corrected chi connectivity index (χ4v) is 0.401. The van der Waals surface area contributed by atoms with Crippen LogP contribution in [0.4, 0.5) is 0 Å². The molecule has 0 aliphatic heterocycles. The van der Waals surface area contributed by atoms with Gasteiger partial charge in [0.25, 0.3) is 11.6 Å². The summed E-state index contributed by atoms with van der Waals surface area (Å²) in [5.41, 5.74) is 0. The molecule has 8 nitrogen and oxygen atoms in total. The Bertz CT molecular complexity index is 287. The van der Waals surface area contributed by atoms with E-state index in [2.05, 4.69) is 20.4 Å². The Morgan fingerprint density at radius 1 is 0.833 bits per heavy atom. The number of hydrogen-bond acceptors (Lipinski definition) is 6. The van der Waals surface area contributed by atoms with E-state index in [4.69, 9.17) is 10.2 Å². The van der Waals surface area contributed by atoms with E-state index in [1.54, 1.807) is 0 Å². The van der Waals surface area contributed by atoms with E-state index < -0.39 is 23.6 Å². The van der Waals surface area contributed by atoms with Crippen molar-refractivity contribution in [2.45, 2.75) is 0 Å². The number of hydrogen-bond donors (Lipinski definition) is 2. The van der Waals surface area contributed by atoms with Crippen LogP contribution >= 0.6 is 0 Å². The molecule has 0 saturated carbocycles. The fourth-order valence-electron chi connectivity index (χ4n) is 0.401. The van der Waals surface area contributed by atoms with Crippen LogP contribution in [0.3, 0.4) is 0 Å². The maximum atomic E-state index is 10.1. The van der Waals surface area contributed by atoms with Gasteiger partial charge in [0.2, 0.25) is 0 Å². The number of carbonyl (C=O) groups is 2. The molecule has 0 bridgehead atoms. The van der Waals surface area contributed by atoms with Crippen molar-refractivity contribution in [2.75, 3.05) is 0 Å². The van der Waals surface area contributed by atoms with E-state index in [0.717, 1.165) is 0 Å². The lowest BCUT2D eigenvalue weighted by atomic mass is 10.6. The quantitative estimate of drug-likeness (QED) is 0.558. The zero-order chi connectivity index (χ0) is 9.14. The van der Waals surface area contributed by atoms with Gasteiger partial charge in [-0.3, -0.25) is 0 Å². The van der Waals surface area contributed by atoms with Crippen LogP contribution in [0.2, 0.25) is 0 Å². The van der Waals surface area contributed by atoms with Gasteiger partial charge in [-0.15, -0.1) is 20.4 Å². The highest BCUT2D eigenvalue weighted by Gasteiger charge is 2.12. The summed E-state index contributed by atoms with van der Waals surface area (Å²) in [7, 11) is 0. The van der Waals surface area contributed by atoms with Crippen molar-refractivity contribution < 1.29 is 19.8 Å². The van der Waals surface area contributed by atoms with E-state index in [9.17, 15) is 9.59 Å². The summed E-state index contributed by atoms with van der Waals surface area (Å²) < 4.78 is 0. The third kappa shape index (κ3) is 1.48. The van der Waals surface area contributed by atoms with Gasteiger partial charge in [-0.1, -0.05) is 0 Å². The first-order valence-electron chi connectivity index (χ1n) is 2.65. The Morgan fingerprint density at radius 2 is 1.08 bits per heavy atom. The molecule has 2 N–H and O–H groups in total. The smallest absolute Gasteiger partial charge is 0.377 e. The van der Waals surface area contributed by atoms with Crippen molar-refractivity contribution in [3.8, 4) is 0 Å². The average Bonchev–Trinajstić information content (AvgIpc) is 2.04. The zero-order valence-electron chi connectivity index (χ0n) is 5.50. The highest BCUT2D eigenvalue weighted by atomic mass is 16.4. The monoisotopic (exact) mass is 170 g/mol. The highest BCUT2D eigenvalue weighted by Crippen LogP contribution is 1.86. The number of carboxylic acid groups (broad SMARTS) is 2. The number of carboxylic acids is 2. The summed E-state index contributed by atoms with van der Waals surface area (Å²) in [6.45, 7) is 0. The minimum atomic E-state index is -1.41. The summed E-state index contributed by atoms with van der Waals surface area (Å²) in [5, 5.41) is 28.5. The minimum Gasteiger partial charge on any atom is -0.475 e. The molecule has 0 saturated heterocycles. The molecule has 0 atom stereocenters. The average molecular weight is 170 g/mol.